The molecular formula is C44H51Cl2N3O2S. The van der Waals surface area contributed by atoms with E-state index < -0.39 is 0 Å². The van der Waals surface area contributed by atoms with Gasteiger partial charge in [0.25, 0.3) is 0 Å². The van der Waals surface area contributed by atoms with Crippen LogP contribution < -0.4 is 15.2 Å². The zero-order valence-electron chi connectivity index (χ0n) is 31.1. The first-order valence-corrected chi connectivity index (χ1v) is 18.8. The number of carbonyl (C=O) groups excluding carboxylic acids is 1. The van der Waals surface area contributed by atoms with Crippen LogP contribution in [0.1, 0.15) is 45.7 Å². The maximum absolute atomic E-state index is 11.3. The van der Waals surface area contributed by atoms with Gasteiger partial charge in [-0.05, 0) is 84.2 Å². The van der Waals surface area contributed by atoms with E-state index in [-0.39, 0.29) is 5.41 Å². The Bertz CT molecular complexity index is 1810. The van der Waals surface area contributed by atoms with Crippen LogP contribution in [-0.2, 0) is 11.2 Å². The number of ether oxygens (including phenoxy) is 1. The molecule has 0 fully saturated rings. The van der Waals surface area contributed by atoms with Gasteiger partial charge < -0.3 is 10.1 Å². The van der Waals surface area contributed by atoms with E-state index in [4.69, 9.17) is 38.1 Å². The highest BCUT2D eigenvalue weighted by Crippen LogP contribution is 2.27. The quantitative estimate of drug-likeness (QED) is 0.0403. The number of amidine groups is 1. The molecule has 274 valence electrons. The lowest BCUT2D eigenvalue weighted by Gasteiger charge is -2.19. The maximum atomic E-state index is 11.3. The molecule has 0 atom stereocenters. The van der Waals surface area contributed by atoms with Crippen molar-refractivity contribution in [1.82, 2.24) is 5.32 Å². The molecule has 3 N–H and O–H groups in total. The van der Waals surface area contributed by atoms with Gasteiger partial charge in [0.2, 0.25) is 0 Å². The Labute approximate surface area is 325 Å². The first-order valence-electron chi connectivity index (χ1n) is 16.8. The lowest BCUT2D eigenvalue weighted by molar-refractivity contribution is -0.104. The molecule has 0 radical (unpaired) electrons. The summed E-state index contributed by atoms with van der Waals surface area (Å²) in [5.41, 5.74) is 7.46. The van der Waals surface area contributed by atoms with E-state index >= 15 is 0 Å². The van der Waals surface area contributed by atoms with Crippen LogP contribution in [0.3, 0.4) is 0 Å². The highest BCUT2D eigenvalue weighted by molar-refractivity contribution is 7.96. The number of benzene rings is 3. The molecule has 0 spiro atoms. The number of rotatable bonds is 15. The van der Waals surface area contributed by atoms with Crippen molar-refractivity contribution in [3.63, 3.8) is 0 Å². The van der Waals surface area contributed by atoms with E-state index in [0.717, 1.165) is 45.7 Å². The first-order chi connectivity index (χ1) is 24.8. The number of hydrogen-bond acceptors (Lipinski definition) is 5. The van der Waals surface area contributed by atoms with Gasteiger partial charge in [0.15, 0.2) is 0 Å². The van der Waals surface area contributed by atoms with Crippen LogP contribution in [0.5, 0.6) is 5.75 Å². The van der Waals surface area contributed by atoms with Gasteiger partial charge in [-0.3, -0.25) is 14.9 Å². The predicted molar refractivity (Wildman–Crippen MR) is 229 cm³/mol. The van der Waals surface area contributed by atoms with Crippen LogP contribution in [0.4, 0.5) is 0 Å². The fourth-order valence-corrected chi connectivity index (χ4v) is 5.23. The summed E-state index contributed by atoms with van der Waals surface area (Å²) in [5.74, 6) is 1.54. The monoisotopic (exact) mass is 755 g/mol. The molecular weight excluding hydrogens is 705 g/mol. The second-order valence-corrected chi connectivity index (χ2v) is 14.1. The van der Waals surface area contributed by atoms with Gasteiger partial charge in [0, 0.05) is 28.3 Å². The Morgan fingerprint density at radius 1 is 0.981 bits per heavy atom. The molecule has 8 heteroatoms. The van der Waals surface area contributed by atoms with Gasteiger partial charge in [-0.1, -0.05) is 154 Å². The fourth-order valence-electron chi connectivity index (χ4n) is 4.71. The summed E-state index contributed by atoms with van der Waals surface area (Å²) in [4.78, 5) is 16.2. The van der Waals surface area contributed by atoms with Gasteiger partial charge in [-0.15, -0.1) is 0 Å². The molecule has 0 aliphatic heterocycles. The Hall–Kier alpha value is -4.33. The largest absolute Gasteiger partial charge is 0.490 e. The van der Waals surface area contributed by atoms with E-state index in [1.165, 1.54) is 17.5 Å². The smallest absolute Gasteiger partial charge is 0.150 e. The normalized spacial score (nSPS) is 12.8. The third kappa shape index (κ3) is 15.9. The molecule has 0 unspecified atom stereocenters. The average molecular weight is 757 g/mol. The summed E-state index contributed by atoms with van der Waals surface area (Å²) in [7, 11) is 0. The number of nitrogens with zero attached hydrogens (tertiary/aromatic N) is 1. The number of hydrogen-bond donors (Lipinski definition) is 2. The average Bonchev–Trinajstić information content (AvgIpc) is 3.10. The number of aldehydes is 1. The molecule has 0 aliphatic carbocycles. The molecule has 0 aromatic heterocycles. The highest BCUT2D eigenvalue weighted by Gasteiger charge is 2.13. The van der Waals surface area contributed by atoms with E-state index in [1.54, 1.807) is 24.3 Å². The lowest BCUT2D eigenvalue weighted by Crippen LogP contribution is -2.24. The lowest BCUT2D eigenvalue weighted by atomic mass is 9.86. The molecule has 0 saturated carbocycles. The predicted octanol–water partition coefficient (Wildman–Crippen LogP) is 11.8. The Morgan fingerprint density at radius 3 is 2.17 bits per heavy atom. The topological polar surface area (TPSA) is 76.7 Å². The number of halogens is 2. The van der Waals surface area contributed by atoms with Gasteiger partial charge in [-0.25, -0.2) is 0 Å². The summed E-state index contributed by atoms with van der Waals surface area (Å²) in [6, 6.07) is 21.8. The van der Waals surface area contributed by atoms with Crippen molar-refractivity contribution in [1.29, 1.82) is 0 Å². The fraction of sp³-hybridized carbons (Fsp3) is 0.227. The minimum Gasteiger partial charge on any atom is -0.490 e. The van der Waals surface area contributed by atoms with Crippen LogP contribution in [0, 0.1) is 5.41 Å². The van der Waals surface area contributed by atoms with Gasteiger partial charge >= 0.3 is 0 Å². The number of nitrogens with two attached hydrogens (primary N) is 1. The van der Waals surface area contributed by atoms with Crippen molar-refractivity contribution in [2.75, 3.05) is 19.4 Å². The van der Waals surface area contributed by atoms with Crippen LogP contribution in [0.2, 0.25) is 10.0 Å². The molecule has 0 heterocycles. The molecule has 0 amide bonds. The first kappa shape index (κ1) is 43.8. The molecule has 0 bridgehead atoms. The van der Waals surface area contributed by atoms with Crippen molar-refractivity contribution in [2.45, 2.75) is 41.0 Å². The summed E-state index contributed by atoms with van der Waals surface area (Å²) < 4.78 is 5.95. The molecule has 5 nitrogen and oxygen atoms in total. The Kier molecular flexibility index (Phi) is 19.6. The third-order valence-corrected chi connectivity index (χ3v) is 7.99. The van der Waals surface area contributed by atoms with Crippen LogP contribution in [0.25, 0.3) is 16.8 Å². The van der Waals surface area contributed by atoms with Gasteiger partial charge in [-0.2, -0.15) is 0 Å². The summed E-state index contributed by atoms with van der Waals surface area (Å²) >= 11 is 13.8. The highest BCUT2D eigenvalue weighted by atomic mass is 35.5. The van der Waals surface area contributed by atoms with Crippen molar-refractivity contribution < 1.29 is 9.53 Å². The molecule has 0 saturated heterocycles. The molecule has 52 heavy (non-hydrogen) atoms. The van der Waals surface area contributed by atoms with E-state index in [9.17, 15) is 4.79 Å². The SMILES string of the molecule is C=C/C=C(\C=C/COc1ccc(-c2ccc(CC(=NC/C(C)=C/C=C(C=O)\C=C/C)NC(=C)c3ccc(Cl)cc3Cl)cc2)cc1)C(C)(C)C.CSN. The number of aliphatic imine (C=N–C) groups is 1. The number of allylic oxidation sites excluding steroid dienone is 9. The van der Waals surface area contributed by atoms with E-state index in [0.29, 0.717) is 40.9 Å². The van der Waals surface area contributed by atoms with Gasteiger partial charge in [0.1, 0.15) is 24.5 Å². The van der Waals surface area contributed by atoms with E-state index in [1.807, 2.05) is 68.7 Å². The zero-order valence-corrected chi connectivity index (χ0v) is 33.4. The molecule has 3 rings (SSSR count). The minimum absolute atomic E-state index is 0.0379. The van der Waals surface area contributed by atoms with Crippen molar-refractivity contribution in [2.24, 2.45) is 15.5 Å². The number of nitrogens with one attached hydrogen (secondary N) is 1. The number of carbonyl (C=O) groups is 1. The van der Waals surface area contributed by atoms with E-state index in [2.05, 4.69) is 81.7 Å². The van der Waals surface area contributed by atoms with Crippen LogP contribution >= 0.6 is 35.1 Å². The second kappa shape index (κ2) is 23.3. The maximum Gasteiger partial charge on any atom is 0.150 e. The van der Waals surface area contributed by atoms with Gasteiger partial charge in [0.05, 0.1) is 11.6 Å². The second-order valence-electron chi connectivity index (χ2n) is 12.7. The van der Waals surface area contributed by atoms with Crippen molar-refractivity contribution >= 4 is 53.0 Å². The molecule has 0 aliphatic rings. The Balaban J connectivity index is 0.00000301. The molecule has 3 aromatic rings. The molecule has 3 aromatic carbocycles. The summed E-state index contributed by atoms with van der Waals surface area (Å²) in [6.07, 6.45) is 18.5. The standard InChI is InChI=1S/C43H46Cl2N2O2.CH5NS/c1-8-11-34(30-48)15-14-31(3)29-46-42(47-32(4)40-25-22-38(44)28-41(40)45)27-33-16-18-35(19-17-33)36-20-23-39(24-21-36)49-26-10-13-37(12-9-2)43(5,6)7;1-3-2/h8-25,28,30H,2,4,26-27,29H2,1,3,5-7H3,(H,46,47);2H2,1H3/b11-8-,13-10-,31-14+,34-15+,37-12+;. The van der Waals surface area contributed by atoms with Crippen molar-refractivity contribution in [3.05, 3.63) is 166 Å². The van der Waals surface area contributed by atoms with Crippen LogP contribution in [-0.4, -0.2) is 31.5 Å². The Morgan fingerprint density at radius 2 is 1.62 bits per heavy atom. The third-order valence-electron chi connectivity index (χ3n) is 7.45. The minimum atomic E-state index is 0.0379. The van der Waals surface area contributed by atoms with Crippen molar-refractivity contribution in [3.8, 4) is 16.9 Å². The zero-order chi connectivity index (χ0) is 38.5. The van der Waals surface area contributed by atoms with Crippen LogP contribution in [0.15, 0.2) is 150 Å². The summed E-state index contributed by atoms with van der Waals surface area (Å²) in [5, 5.41) is 9.20. The summed E-state index contributed by atoms with van der Waals surface area (Å²) in [6.45, 7) is 19.3.